The van der Waals surface area contributed by atoms with E-state index in [1.807, 2.05) is 0 Å². The van der Waals surface area contributed by atoms with Crippen molar-refractivity contribution in [2.45, 2.75) is 13.8 Å². The largest absolute Gasteiger partial charge is 0.478 e. The number of ketones is 1. The monoisotopic (exact) mass is 195 g/mol. The van der Waals surface area contributed by atoms with E-state index in [1.165, 1.54) is 0 Å². The zero-order chi connectivity index (χ0) is 10.7. The summed E-state index contributed by atoms with van der Waals surface area (Å²) in [6, 6.07) is 0. The lowest BCUT2D eigenvalue weighted by Crippen LogP contribution is -1.99. The first-order valence-electron chi connectivity index (χ1n) is 3.90. The molecule has 0 aliphatic rings. The predicted molar refractivity (Wildman–Crippen MR) is 47.1 cm³/mol. The SMILES string of the molecule is Cc1nc(C(=O)C=CC(=O)O)c(C)o1. The number of nitrogens with zero attached hydrogens (tertiary/aromatic N) is 1. The van der Waals surface area contributed by atoms with Gasteiger partial charge in [0.2, 0.25) is 5.78 Å². The van der Waals surface area contributed by atoms with Gasteiger partial charge in [0.25, 0.3) is 0 Å². The van der Waals surface area contributed by atoms with Gasteiger partial charge < -0.3 is 9.52 Å². The van der Waals surface area contributed by atoms with Gasteiger partial charge in [0.05, 0.1) is 0 Å². The summed E-state index contributed by atoms with van der Waals surface area (Å²) in [4.78, 5) is 25.3. The molecule has 5 heteroatoms. The van der Waals surface area contributed by atoms with E-state index >= 15 is 0 Å². The Morgan fingerprint density at radius 1 is 1.36 bits per heavy atom. The molecule has 0 unspecified atom stereocenters. The van der Waals surface area contributed by atoms with Gasteiger partial charge in [-0.15, -0.1) is 0 Å². The lowest BCUT2D eigenvalue weighted by Gasteiger charge is -1.87. The highest BCUT2D eigenvalue weighted by Gasteiger charge is 2.12. The van der Waals surface area contributed by atoms with Crippen molar-refractivity contribution >= 4 is 11.8 Å². The van der Waals surface area contributed by atoms with Crippen LogP contribution in [0.15, 0.2) is 16.6 Å². The molecule has 0 amide bonds. The number of carboxylic acids is 1. The van der Waals surface area contributed by atoms with Crippen LogP contribution < -0.4 is 0 Å². The third-order valence-electron chi connectivity index (χ3n) is 1.51. The predicted octanol–water partition coefficient (Wildman–Crippen LogP) is 1.11. The van der Waals surface area contributed by atoms with Crippen LogP contribution in [0.5, 0.6) is 0 Å². The molecular formula is C9H9NO4. The molecule has 0 aromatic carbocycles. The van der Waals surface area contributed by atoms with Crippen molar-refractivity contribution in [3.8, 4) is 0 Å². The fourth-order valence-electron chi connectivity index (χ4n) is 0.983. The number of carbonyl (C=O) groups excluding carboxylic acids is 1. The Labute approximate surface area is 80.1 Å². The smallest absolute Gasteiger partial charge is 0.328 e. The summed E-state index contributed by atoms with van der Waals surface area (Å²) >= 11 is 0. The van der Waals surface area contributed by atoms with Gasteiger partial charge >= 0.3 is 5.97 Å². The number of hydrogen-bond acceptors (Lipinski definition) is 4. The highest BCUT2D eigenvalue weighted by molar-refractivity contribution is 6.06. The second-order valence-electron chi connectivity index (χ2n) is 2.67. The lowest BCUT2D eigenvalue weighted by molar-refractivity contribution is -0.131. The van der Waals surface area contributed by atoms with Crippen LogP contribution in [0.2, 0.25) is 0 Å². The molecule has 14 heavy (non-hydrogen) atoms. The maximum absolute atomic E-state index is 11.3. The van der Waals surface area contributed by atoms with Crippen molar-refractivity contribution in [2.75, 3.05) is 0 Å². The average molecular weight is 195 g/mol. The second kappa shape index (κ2) is 3.87. The molecule has 0 aliphatic heterocycles. The van der Waals surface area contributed by atoms with E-state index in [1.54, 1.807) is 13.8 Å². The van der Waals surface area contributed by atoms with Gasteiger partial charge in [0, 0.05) is 13.0 Å². The Bertz CT molecular complexity index is 403. The molecule has 1 heterocycles. The third kappa shape index (κ3) is 2.29. The fourth-order valence-corrected chi connectivity index (χ4v) is 0.983. The molecular weight excluding hydrogens is 186 g/mol. The van der Waals surface area contributed by atoms with Crippen LogP contribution >= 0.6 is 0 Å². The summed E-state index contributed by atoms with van der Waals surface area (Å²) in [7, 11) is 0. The maximum atomic E-state index is 11.3. The second-order valence-corrected chi connectivity index (χ2v) is 2.67. The van der Waals surface area contributed by atoms with Gasteiger partial charge in [-0.1, -0.05) is 0 Å². The molecule has 1 aromatic heterocycles. The number of aryl methyl sites for hydroxylation is 2. The number of hydrogen-bond donors (Lipinski definition) is 1. The standard InChI is InChI=1S/C9H9NO4/c1-5-9(10-6(2)14-5)7(11)3-4-8(12)13/h3-4H,1-2H3,(H,12,13). The van der Waals surface area contributed by atoms with Gasteiger partial charge in [-0.3, -0.25) is 4.79 Å². The number of carbonyl (C=O) groups is 2. The summed E-state index contributed by atoms with van der Waals surface area (Å²) < 4.78 is 5.03. The molecule has 0 radical (unpaired) electrons. The van der Waals surface area contributed by atoms with E-state index in [4.69, 9.17) is 9.52 Å². The van der Waals surface area contributed by atoms with Crippen molar-refractivity contribution in [3.63, 3.8) is 0 Å². The summed E-state index contributed by atoms with van der Waals surface area (Å²) in [5, 5.41) is 8.30. The van der Waals surface area contributed by atoms with Gasteiger partial charge in [-0.05, 0) is 13.0 Å². The molecule has 1 aromatic rings. The minimum Gasteiger partial charge on any atom is -0.478 e. The minimum absolute atomic E-state index is 0.153. The van der Waals surface area contributed by atoms with Gasteiger partial charge in [0.15, 0.2) is 11.6 Å². The Morgan fingerprint density at radius 2 is 2.00 bits per heavy atom. The molecule has 1 N–H and O–H groups in total. The van der Waals surface area contributed by atoms with Crippen molar-refractivity contribution in [1.29, 1.82) is 0 Å². The van der Waals surface area contributed by atoms with Crippen LogP contribution in [-0.4, -0.2) is 21.8 Å². The van der Waals surface area contributed by atoms with E-state index in [0.717, 1.165) is 12.2 Å². The minimum atomic E-state index is -1.17. The molecule has 0 spiro atoms. The maximum Gasteiger partial charge on any atom is 0.328 e. The molecule has 0 bridgehead atoms. The molecule has 0 aliphatic carbocycles. The number of carboxylic acid groups (broad SMARTS) is 1. The van der Waals surface area contributed by atoms with Crippen molar-refractivity contribution in [3.05, 3.63) is 29.5 Å². The van der Waals surface area contributed by atoms with E-state index in [-0.39, 0.29) is 5.69 Å². The number of rotatable bonds is 3. The first kappa shape index (κ1) is 10.2. The number of allylic oxidation sites excluding steroid dienone is 1. The first-order chi connectivity index (χ1) is 6.50. The van der Waals surface area contributed by atoms with Gasteiger partial charge in [-0.25, -0.2) is 9.78 Å². The molecule has 5 nitrogen and oxygen atoms in total. The molecule has 0 saturated heterocycles. The van der Waals surface area contributed by atoms with Crippen molar-refractivity contribution in [1.82, 2.24) is 4.98 Å². The summed E-state index contributed by atoms with van der Waals surface area (Å²) in [6.07, 6.45) is 1.72. The Morgan fingerprint density at radius 3 is 2.43 bits per heavy atom. The molecule has 74 valence electrons. The molecule has 0 fully saturated rings. The zero-order valence-electron chi connectivity index (χ0n) is 7.77. The van der Waals surface area contributed by atoms with E-state index in [9.17, 15) is 9.59 Å². The van der Waals surface area contributed by atoms with Crippen LogP contribution in [0.1, 0.15) is 22.1 Å². The van der Waals surface area contributed by atoms with Crippen LogP contribution in [0.3, 0.4) is 0 Å². The zero-order valence-corrected chi connectivity index (χ0v) is 7.77. The first-order valence-corrected chi connectivity index (χ1v) is 3.90. The van der Waals surface area contributed by atoms with Crippen molar-refractivity contribution in [2.24, 2.45) is 0 Å². The molecule has 1 rings (SSSR count). The summed E-state index contributed by atoms with van der Waals surface area (Å²) in [5.74, 6) is -0.866. The van der Waals surface area contributed by atoms with Gasteiger partial charge in [-0.2, -0.15) is 0 Å². The van der Waals surface area contributed by atoms with Crippen LogP contribution in [0.25, 0.3) is 0 Å². The Kier molecular flexibility index (Phi) is 2.81. The average Bonchev–Trinajstić information content (AvgIpc) is 2.41. The van der Waals surface area contributed by atoms with Crippen LogP contribution in [0, 0.1) is 13.8 Å². The van der Waals surface area contributed by atoms with E-state index in [0.29, 0.717) is 11.7 Å². The van der Waals surface area contributed by atoms with Gasteiger partial charge in [0.1, 0.15) is 5.76 Å². The van der Waals surface area contributed by atoms with Crippen LogP contribution in [-0.2, 0) is 4.79 Å². The van der Waals surface area contributed by atoms with E-state index in [2.05, 4.69) is 4.98 Å². The summed E-state index contributed by atoms with van der Waals surface area (Å²) in [5.41, 5.74) is 0.153. The Hall–Kier alpha value is -1.91. The molecule has 0 saturated carbocycles. The highest BCUT2D eigenvalue weighted by atomic mass is 16.4. The Balaban J connectivity index is 2.90. The topological polar surface area (TPSA) is 80.4 Å². The normalized spacial score (nSPS) is 10.7. The lowest BCUT2D eigenvalue weighted by atomic mass is 10.2. The summed E-state index contributed by atoms with van der Waals surface area (Å²) in [6.45, 7) is 3.21. The van der Waals surface area contributed by atoms with E-state index < -0.39 is 11.8 Å². The quantitative estimate of drug-likeness (QED) is 0.577. The number of aliphatic carboxylic acids is 1. The number of aromatic nitrogens is 1. The third-order valence-corrected chi connectivity index (χ3v) is 1.51. The van der Waals surface area contributed by atoms with Crippen molar-refractivity contribution < 1.29 is 19.1 Å². The fraction of sp³-hybridized carbons (Fsp3) is 0.222. The highest BCUT2D eigenvalue weighted by Crippen LogP contribution is 2.09. The molecule has 0 atom stereocenters. The number of oxazole rings is 1. The van der Waals surface area contributed by atoms with Crippen LogP contribution in [0.4, 0.5) is 0 Å².